The number of carbonyl (C=O) groups is 2. The van der Waals surface area contributed by atoms with E-state index in [9.17, 15) is 9.59 Å². The maximum absolute atomic E-state index is 13.2. The van der Waals surface area contributed by atoms with E-state index in [1.807, 2.05) is 72.8 Å². The van der Waals surface area contributed by atoms with Crippen molar-refractivity contribution in [1.82, 2.24) is 4.90 Å². The third-order valence-corrected chi connectivity index (χ3v) is 5.43. The van der Waals surface area contributed by atoms with Crippen LogP contribution in [0.5, 0.6) is 5.75 Å². The Balaban J connectivity index is 1.80. The van der Waals surface area contributed by atoms with Crippen LogP contribution in [-0.2, 0) is 16.1 Å². The zero-order valence-electron chi connectivity index (χ0n) is 17.4. The average molecular weight is 413 g/mol. The number of carbonyl (C=O) groups excluding carboxylic acids is 2. The fourth-order valence-electron chi connectivity index (χ4n) is 3.85. The summed E-state index contributed by atoms with van der Waals surface area (Å²) < 4.78 is 10.3. The fraction of sp³-hybridized carbons (Fsp3) is 0.154. The Kier molecular flexibility index (Phi) is 5.85. The molecule has 3 aromatic carbocycles. The Labute approximate surface area is 181 Å². The van der Waals surface area contributed by atoms with E-state index in [2.05, 4.69) is 0 Å². The van der Waals surface area contributed by atoms with Gasteiger partial charge in [0.2, 0.25) is 0 Å². The summed E-state index contributed by atoms with van der Waals surface area (Å²) in [6.07, 6.45) is 1.82. The summed E-state index contributed by atoms with van der Waals surface area (Å²) >= 11 is 0. The minimum absolute atomic E-state index is 0.0559. The fourth-order valence-corrected chi connectivity index (χ4v) is 3.85. The third kappa shape index (κ3) is 4.08. The number of benzene rings is 3. The second kappa shape index (κ2) is 8.88. The second-order valence-corrected chi connectivity index (χ2v) is 7.25. The normalized spacial score (nSPS) is 15.5. The van der Waals surface area contributed by atoms with E-state index in [-0.39, 0.29) is 11.9 Å². The van der Waals surface area contributed by atoms with Gasteiger partial charge in [0.15, 0.2) is 0 Å². The molecule has 0 bridgehead atoms. The van der Waals surface area contributed by atoms with Crippen LogP contribution in [0, 0.1) is 0 Å². The van der Waals surface area contributed by atoms with Crippen molar-refractivity contribution < 1.29 is 19.1 Å². The van der Waals surface area contributed by atoms with Gasteiger partial charge in [-0.2, -0.15) is 0 Å². The summed E-state index contributed by atoms with van der Waals surface area (Å²) in [5.41, 5.74) is 3.64. The van der Waals surface area contributed by atoms with Crippen LogP contribution in [-0.4, -0.2) is 31.0 Å². The van der Waals surface area contributed by atoms with Crippen LogP contribution >= 0.6 is 0 Å². The lowest BCUT2D eigenvalue weighted by Crippen LogP contribution is -2.27. The zero-order valence-corrected chi connectivity index (χ0v) is 17.4. The highest BCUT2D eigenvalue weighted by Gasteiger charge is 2.36. The number of fused-ring (bicyclic) bond motifs is 1. The van der Waals surface area contributed by atoms with Crippen molar-refractivity contribution in [2.45, 2.75) is 12.6 Å². The van der Waals surface area contributed by atoms with Crippen LogP contribution < -0.4 is 4.74 Å². The van der Waals surface area contributed by atoms with Crippen molar-refractivity contribution in [2.24, 2.45) is 0 Å². The highest BCUT2D eigenvalue weighted by molar-refractivity contribution is 6.17. The molecule has 3 aromatic rings. The maximum Gasteiger partial charge on any atom is 0.338 e. The topological polar surface area (TPSA) is 55.8 Å². The highest BCUT2D eigenvalue weighted by atomic mass is 16.5. The van der Waals surface area contributed by atoms with E-state index in [4.69, 9.17) is 9.47 Å². The van der Waals surface area contributed by atoms with Crippen LogP contribution in [0.2, 0.25) is 0 Å². The first-order chi connectivity index (χ1) is 15.1. The van der Waals surface area contributed by atoms with E-state index in [1.165, 1.54) is 7.11 Å². The highest BCUT2D eigenvalue weighted by Crippen LogP contribution is 2.38. The van der Waals surface area contributed by atoms with Crippen molar-refractivity contribution in [1.29, 1.82) is 0 Å². The molecule has 1 atom stereocenters. The van der Waals surface area contributed by atoms with Crippen LogP contribution in [0.3, 0.4) is 0 Å². The molecule has 0 N–H and O–H groups in total. The molecule has 0 aliphatic carbocycles. The lowest BCUT2D eigenvalue weighted by atomic mass is 9.98. The van der Waals surface area contributed by atoms with E-state index >= 15 is 0 Å². The SMILES string of the molecule is COC(=O)/C(=C/C1c2ccccc2C(=O)N1Cc1ccccc1)c1ccc(OC)cc1. The molecule has 1 aliphatic heterocycles. The van der Waals surface area contributed by atoms with Gasteiger partial charge in [0, 0.05) is 12.1 Å². The molecule has 4 rings (SSSR count). The lowest BCUT2D eigenvalue weighted by molar-refractivity contribution is -0.133. The molecule has 156 valence electrons. The molecule has 0 saturated carbocycles. The van der Waals surface area contributed by atoms with Crippen molar-refractivity contribution in [3.8, 4) is 5.75 Å². The summed E-state index contributed by atoms with van der Waals surface area (Å²) in [6, 6.07) is 24.2. The lowest BCUT2D eigenvalue weighted by Gasteiger charge is -2.24. The predicted molar refractivity (Wildman–Crippen MR) is 118 cm³/mol. The van der Waals surface area contributed by atoms with Crippen molar-refractivity contribution in [2.75, 3.05) is 14.2 Å². The molecule has 0 fully saturated rings. The number of amides is 1. The second-order valence-electron chi connectivity index (χ2n) is 7.25. The molecule has 1 heterocycles. The van der Waals surface area contributed by atoms with Crippen LogP contribution in [0.25, 0.3) is 5.57 Å². The Morgan fingerprint density at radius 3 is 2.29 bits per heavy atom. The van der Waals surface area contributed by atoms with Gasteiger partial charge in [-0.25, -0.2) is 4.79 Å². The molecule has 0 aromatic heterocycles. The van der Waals surface area contributed by atoms with E-state index in [0.717, 1.165) is 11.1 Å². The third-order valence-electron chi connectivity index (χ3n) is 5.43. The molecule has 0 spiro atoms. The summed E-state index contributed by atoms with van der Waals surface area (Å²) in [7, 11) is 2.95. The van der Waals surface area contributed by atoms with Gasteiger partial charge in [-0.3, -0.25) is 4.79 Å². The summed E-state index contributed by atoms with van der Waals surface area (Å²) in [5.74, 6) is 0.182. The van der Waals surface area contributed by atoms with Gasteiger partial charge < -0.3 is 14.4 Å². The Hall–Kier alpha value is -3.86. The molecule has 0 saturated heterocycles. The van der Waals surface area contributed by atoms with E-state index in [1.54, 1.807) is 24.1 Å². The smallest absolute Gasteiger partial charge is 0.338 e. The van der Waals surface area contributed by atoms with E-state index in [0.29, 0.717) is 29.0 Å². The average Bonchev–Trinajstić information content (AvgIpc) is 3.08. The number of hydrogen-bond acceptors (Lipinski definition) is 4. The van der Waals surface area contributed by atoms with Crippen molar-refractivity contribution in [3.05, 3.63) is 107 Å². The molecule has 0 radical (unpaired) electrons. The molecule has 31 heavy (non-hydrogen) atoms. The quantitative estimate of drug-likeness (QED) is 0.436. The minimum atomic E-state index is -0.457. The Bertz CT molecular complexity index is 1120. The van der Waals surface area contributed by atoms with Crippen LogP contribution in [0.15, 0.2) is 84.9 Å². The molecular weight excluding hydrogens is 390 g/mol. The first-order valence-corrected chi connectivity index (χ1v) is 10.0. The van der Waals surface area contributed by atoms with Crippen molar-refractivity contribution in [3.63, 3.8) is 0 Å². The van der Waals surface area contributed by atoms with Gasteiger partial charge in [0.05, 0.1) is 25.8 Å². The zero-order chi connectivity index (χ0) is 21.8. The largest absolute Gasteiger partial charge is 0.497 e. The molecule has 5 nitrogen and oxygen atoms in total. The van der Waals surface area contributed by atoms with Gasteiger partial charge in [0.25, 0.3) is 5.91 Å². The molecule has 1 amide bonds. The van der Waals surface area contributed by atoms with Gasteiger partial charge in [-0.05, 0) is 41.0 Å². The summed E-state index contributed by atoms with van der Waals surface area (Å²) in [6.45, 7) is 0.437. The minimum Gasteiger partial charge on any atom is -0.497 e. The van der Waals surface area contributed by atoms with E-state index < -0.39 is 5.97 Å². The van der Waals surface area contributed by atoms with Gasteiger partial charge in [-0.1, -0.05) is 60.7 Å². The number of nitrogens with zero attached hydrogens (tertiary/aromatic N) is 1. The first-order valence-electron chi connectivity index (χ1n) is 10.0. The van der Waals surface area contributed by atoms with Crippen LogP contribution in [0.1, 0.15) is 33.1 Å². The maximum atomic E-state index is 13.2. The number of rotatable bonds is 6. The molecule has 1 unspecified atom stereocenters. The number of hydrogen-bond donors (Lipinski definition) is 0. The van der Waals surface area contributed by atoms with Gasteiger partial charge in [0.1, 0.15) is 5.75 Å². The molecule has 5 heteroatoms. The first kappa shape index (κ1) is 20.4. The number of esters is 1. The predicted octanol–water partition coefficient (Wildman–Crippen LogP) is 4.65. The molecule has 1 aliphatic rings. The Morgan fingerprint density at radius 1 is 0.935 bits per heavy atom. The van der Waals surface area contributed by atoms with Crippen LogP contribution in [0.4, 0.5) is 0 Å². The van der Waals surface area contributed by atoms with Gasteiger partial charge >= 0.3 is 5.97 Å². The Morgan fingerprint density at radius 2 is 1.61 bits per heavy atom. The standard InChI is InChI=1S/C26H23NO4/c1-30-20-14-12-19(13-15-20)23(26(29)31-2)16-24-21-10-6-7-11-22(21)25(28)27(24)17-18-8-4-3-5-9-18/h3-16,24H,17H2,1-2H3/b23-16+. The van der Waals surface area contributed by atoms with Gasteiger partial charge in [-0.15, -0.1) is 0 Å². The van der Waals surface area contributed by atoms with Crippen molar-refractivity contribution >= 4 is 17.4 Å². The summed E-state index contributed by atoms with van der Waals surface area (Å²) in [5, 5.41) is 0. The monoisotopic (exact) mass is 413 g/mol. The number of ether oxygens (including phenoxy) is 2. The summed E-state index contributed by atoms with van der Waals surface area (Å²) in [4.78, 5) is 27.7. The molecular formula is C26H23NO4. The number of methoxy groups -OCH3 is 2.